The Kier molecular flexibility index (Phi) is 7.15. The number of rotatable bonds is 8. The van der Waals surface area contributed by atoms with Crippen molar-refractivity contribution in [3.05, 3.63) is 4.88 Å². The van der Waals surface area contributed by atoms with Gasteiger partial charge in [0.1, 0.15) is 10.7 Å². The first-order chi connectivity index (χ1) is 9.51. The molecule has 0 aliphatic rings. The lowest BCUT2D eigenvalue weighted by molar-refractivity contribution is 0.0747. The van der Waals surface area contributed by atoms with Gasteiger partial charge in [-0.15, -0.1) is 0 Å². The molecule has 0 bridgehead atoms. The van der Waals surface area contributed by atoms with E-state index >= 15 is 0 Å². The molecule has 20 heavy (non-hydrogen) atoms. The number of nitrogen functional groups attached to an aromatic ring is 1. The number of thiazole rings is 1. The van der Waals surface area contributed by atoms with Crippen LogP contribution in [0.1, 0.15) is 36.4 Å². The number of thioether (sulfide) groups is 1. The van der Waals surface area contributed by atoms with Gasteiger partial charge in [0, 0.05) is 19.6 Å². The standard InChI is InChI=1S/C13H24N4OS2/c1-5-7-15-13-16-11(14)10(20-13)12(18)17(3)9(2)6-8-19-4/h9H,5-8,14H2,1-4H3,(H,15,16). The number of hydrogen-bond acceptors (Lipinski definition) is 6. The van der Waals surface area contributed by atoms with Gasteiger partial charge in [-0.25, -0.2) is 4.98 Å². The van der Waals surface area contributed by atoms with Crippen molar-refractivity contribution in [1.29, 1.82) is 0 Å². The largest absolute Gasteiger partial charge is 0.382 e. The molecule has 0 spiro atoms. The van der Waals surface area contributed by atoms with Gasteiger partial charge >= 0.3 is 0 Å². The second-order valence-electron chi connectivity index (χ2n) is 4.71. The maximum Gasteiger partial charge on any atom is 0.267 e. The van der Waals surface area contributed by atoms with Crippen LogP contribution in [0.5, 0.6) is 0 Å². The quantitative estimate of drug-likeness (QED) is 0.771. The number of carbonyl (C=O) groups excluding carboxylic acids is 1. The van der Waals surface area contributed by atoms with E-state index in [2.05, 4.69) is 30.4 Å². The zero-order chi connectivity index (χ0) is 15.1. The maximum atomic E-state index is 12.4. The van der Waals surface area contributed by atoms with Gasteiger partial charge in [0.05, 0.1) is 0 Å². The minimum absolute atomic E-state index is 0.0434. The van der Waals surface area contributed by atoms with Crippen molar-refractivity contribution >= 4 is 40.0 Å². The van der Waals surface area contributed by atoms with Gasteiger partial charge in [-0.1, -0.05) is 18.3 Å². The number of aromatic nitrogens is 1. The van der Waals surface area contributed by atoms with Crippen LogP contribution < -0.4 is 11.1 Å². The van der Waals surface area contributed by atoms with Crippen molar-refractivity contribution in [1.82, 2.24) is 9.88 Å². The molecule has 0 saturated carbocycles. The van der Waals surface area contributed by atoms with Gasteiger partial charge in [-0.2, -0.15) is 11.8 Å². The van der Waals surface area contributed by atoms with Gasteiger partial charge in [-0.3, -0.25) is 4.79 Å². The highest BCUT2D eigenvalue weighted by atomic mass is 32.2. The third kappa shape index (κ3) is 4.56. The molecule has 1 amide bonds. The normalized spacial score (nSPS) is 12.2. The van der Waals surface area contributed by atoms with Crippen LogP contribution in [0.3, 0.4) is 0 Å². The Morgan fingerprint density at radius 2 is 2.30 bits per heavy atom. The summed E-state index contributed by atoms with van der Waals surface area (Å²) in [5.41, 5.74) is 5.86. The Morgan fingerprint density at radius 3 is 2.90 bits per heavy atom. The van der Waals surface area contributed by atoms with Crippen LogP contribution in [0.2, 0.25) is 0 Å². The maximum absolute atomic E-state index is 12.4. The molecule has 1 rings (SSSR count). The number of amides is 1. The number of nitrogens with zero attached hydrogens (tertiary/aromatic N) is 2. The lowest BCUT2D eigenvalue weighted by Crippen LogP contribution is -2.35. The van der Waals surface area contributed by atoms with Crippen LogP contribution in [0, 0.1) is 0 Å². The predicted octanol–water partition coefficient (Wildman–Crippen LogP) is 2.76. The first kappa shape index (κ1) is 17.1. The number of hydrogen-bond donors (Lipinski definition) is 2. The molecular formula is C13H24N4OS2. The molecule has 1 atom stereocenters. The summed E-state index contributed by atoms with van der Waals surface area (Å²) >= 11 is 3.12. The molecule has 7 heteroatoms. The second kappa shape index (κ2) is 8.36. The van der Waals surface area contributed by atoms with Gasteiger partial charge < -0.3 is 16.0 Å². The summed E-state index contributed by atoms with van der Waals surface area (Å²) in [7, 11) is 1.83. The van der Waals surface area contributed by atoms with Crippen LogP contribution in [0.15, 0.2) is 0 Å². The first-order valence-electron chi connectivity index (χ1n) is 6.77. The second-order valence-corrected chi connectivity index (χ2v) is 6.69. The molecule has 0 aliphatic heterocycles. The van der Waals surface area contributed by atoms with Gasteiger partial charge in [0.15, 0.2) is 5.13 Å². The Balaban J connectivity index is 2.73. The molecule has 114 valence electrons. The highest BCUT2D eigenvalue weighted by Crippen LogP contribution is 2.26. The molecular weight excluding hydrogens is 292 g/mol. The third-order valence-corrected chi connectivity index (χ3v) is 4.76. The van der Waals surface area contributed by atoms with Gasteiger partial charge in [0.2, 0.25) is 0 Å². The zero-order valence-corrected chi connectivity index (χ0v) is 14.2. The Hall–Kier alpha value is -0.950. The zero-order valence-electron chi connectivity index (χ0n) is 12.6. The SMILES string of the molecule is CCCNc1nc(N)c(C(=O)N(C)C(C)CCSC)s1. The summed E-state index contributed by atoms with van der Waals surface area (Å²) in [4.78, 5) is 18.9. The van der Waals surface area contributed by atoms with E-state index < -0.39 is 0 Å². The number of carbonyl (C=O) groups is 1. The smallest absolute Gasteiger partial charge is 0.267 e. The monoisotopic (exact) mass is 316 g/mol. The van der Waals surface area contributed by atoms with E-state index in [0.717, 1.165) is 30.3 Å². The molecule has 5 nitrogen and oxygen atoms in total. The summed E-state index contributed by atoms with van der Waals surface area (Å²) in [6.07, 6.45) is 4.05. The molecule has 0 aliphatic carbocycles. The molecule has 3 N–H and O–H groups in total. The number of nitrogens with one attached hydrogen (secondary N) is 1. The molecule has 1 heterocycles. The van der Waals surface area contributed by atoms with Gasteiger partial charge in [0.25, 0.3) is 5.91 Å². The molecule has 0 aromatic carbocycles. The highest BCUT2D eigenvalue weighted by Gasteiger charge is 2.22. The van der Waals surface area contributed by atoms with Crippen molar-refractivity contribution in [2.24, 2.45) is 0 Å². The van der Waals surface area contributed by atoms with E-state index in [1.807, 2.05) is 7.05 Å². The Morgan fingerprint density at radius 1 is 1.60 bits per heavy atom. The van der Waals surface area contributed by atoms with E-state index in [-0.39, 0.29) is 11.9 Å². The minimum atomic E-state index is -0.0434. The summed E-state index contributed by atoms with van der Waals surface area (Å²) in [5.74, 6) is 1.32. The summed E-state index contributed by atoms with van der Waals surface area (Å²) in [6, 6.07) is 0.198. The van der Waals surface area contributed by atoms with E-state index in [0.29, 0.717) is 10.7 Å². The topological polar surface area (TPSA) is 71.2 Å². The fraction of sp³-hybridized carbons (Fsp3) is 0.692. The predicted molar refractivity (Wildman–Crippen MR) is 89.9 cm³/mol. The fourth-order valence-corrected chi connectivity index (χ4v) is 3.11. The lowest BCUT2D eigenvalue weighted by atomic mass is 10.2. The van der Waals surface area contributed by atoms with Crippen molar-refractivity contribution in [2.75, 3.05) is 36.7 Å². The molecule has 0 radical (unpaired) electrons. The third-order valence-electron chi connectivity index (χ3n) is 3.10. The van der Waals surface area contributed by atoms with Crippen LogP contribution >= 0.6 is 23.1 Å². The van der Waals surface area contributed by atoms with Crippen molar-refractivity contribution in [2.45, 2.75) is 32.7 Å². The van der Waals surface area contributed by atoms with Crippen molar-refractivity contribution in [3.8, 4) is 0 Å². The van der Waals surface area contributed by atoms with Crippen molar-refractivity contribution in [3.63, 3.8) is 0 Å². The molecule has 0 fully saturated rings. The Labute approximate surface area is 129 Å². The molecule has 0 saturated heterocycles. The summed E-state index contributed by atoms with van der Waals surface area (Å²) in [6.45, 7) is 4.97. The van der Waals surface area contributed by atoms with Crippen molar-refractivity contribution < 1.29 is 4.79 Å². The average Bonchev–Trinajstić information content (AvgIpc) is 2.81. The minimum Gasteiger partial charge on any atom is -0.382 e. The van der Waals surface area contributed by atoms with Crippen LogP contribution in [0.25, 0.3) is 0 Å². The number of nitrogens with two attached hydrogens (primary N) is 1. The fourth-order valence-electron chi connectivity index (χ4n) is 1.64. The molecule has 1 aromatic rings. The first-order valence-corrected chi connectivity index (χ1v) is 8.98. The average molecular weight is 316 g/mol. The highest BCUT2D eigenvalue weighted by molar-refractivity contribution is 7.98. The van der Waals surface area contributed by atoms with Gasteiger partial charge in [-0.05, 0) is 31.8 Å². The summed E-state index contributed by atoms with van der Waals surface area (Å²) in [5, 5.41) is 3.89. The van der Waals surface area contributed by atoms with E-state index in [9.17, 15) is 4.79 Å². The lowest BCUT2D eigenvalue weighted by Gasteiger charge is -2.24. The Bertz CT molecular complexity index is 436. The van der Waals surface area contributed by atoms with Crippen LogP contribution in [-0.2, 0) is 0 Å². The van der Waals surface area contributed by atoms with E-state index in [1.54, 1.807) is 16.7 Å². The van der Waals surface area contributed by atoms with E-state index in [4.69, 9.17) is 5.73 Å². The number of anilines is 2. The molecule has 1 aromatic heterocycles. The van der Waals surface area contributed by atoms with E-state index in [1.165, 1.54) is 11.3 Å². The van der Waals surface area contributed by atoms with Crippen LogP contribution in [0.4, 0.5) is 10.9 Å². The van der Waals surface area contributed by atoms with Crippen LogP contribution in [-0.4, -0.2) is 47.4 Å². The molecule has 1 unspecified atom stereocenters. The summed E-state index contributed by atoms with van der Waals surface area (Å²) < 4.78 is 0.